The van der Waals surface area contributed by atoms with Gasteiger partial charge in [0.15, 0.2) is 0 Å². The minimum absolute atomic E-state index is 0. The van der Waals surface area contributed by atoms with Gasteiger partial charge in [-0.05, 0) is 26.1 Å². The summed E-state index contributed by atoms with van der Waals surface area (Å²) in [6.07, 6.45) is 0. The van der Waals surface area contributed by atoms with Crippen molar-refractivity contribution in [2.24, 2.45) is 0 Å². The Morgan fingerprint density at radius 3 is 2.67 bits per heavy atom. The molecular weight excluding hydrogens is 256 g/mol. The van der Waals surface area contributed by atoms with Crippen LogP contribution in [0.1, 0.15) is 6.92 Å². The minimum Gasteiger partial charge on any atom is -0.497 e. The number of hydrogen-bond donors (Lipinski definition) is 2. The summed E-state index contributed by atoms with van der Waals surface area (Å²) in [4.78, 5) is 11.5. The lowest BCUT2D eigenvalue weighted by molar-refractivity contribution is -0.115. The highest BCUT2D eigenvalue weighted by Crippen LogP contribution is 2.29. The van der Waals surface area contributed by atoms with Crippen molar-refractivity contribution in [3.8, 4) is 11.5 Å². The second-order valence-electron chi connectivity index (χ2n) is 3.37. The van der Waals surface area contributed by atoms with Crippen LogP contribution in [0.15, 0.2) is 18.2 Å². The molecule has 6 heteroatoms. The van der Waals surface area contributed by atoms with Gasteiger partial charge in [-0.3, -0.25) is 4.79 Å². The first-order chi connectivity index (χ1) is 8.21. The second kappa shape index (κ2) is 8.60. The molecule has 1 aromatic rings. The number of rotatable bonds is 6. The Morgan fingerprint density at radius 1 is 1.39 bits per heavy atom. The zero-order valence-electron chi connectivity index (χ0n) is 10.8. The molecule has 5 nitrogen and oxygen atoms in total. The number of hydrogen-bond acceptors (Lipinski definition) is 4. The molecule has 2 N–H and O–H groups in total. The van der Waals surface area contributed by atoms with Crippen molar-refractivity contribution < 1.29 is 14.3 Å². The van der Waals surface area contributed by atoms with Crippen LogP contribution in [-0.4, -0.2) is 33.2 Å². The number of likely N-dealkylation sites (N-methyl/N-ethyl adjacent to an activating group) is 1. The summed E-state index contributed by atoms with van der Waals surface area (Å²) in [5.74, 6) is 1.19. The van der Waals surface area contributed by atoms with Crippen LogP contribution in [0, 0.1) is 0 Å². The Bertz CT molecular complexity index is 386. The molecule has 1 amide bonds. The van der Waals surface area contributed by atoms with Crippen LogP contribution in [0.25, 0.3) is 0 Å². The molecule has 0 unspecified atom stereocenters. The number of benzene rings is 1. The highest BCUT2D eigenvalue weighted by Gasteiger charge is 2.08. The largest absolute Gasteiger partial charge is 0.497 e. The Kier molecular flexibility index (Phi) is 7.91. The van der Waals surface area contributed by atoms with Crippen molar-refractivity contribution in [3.63, 3.8) is 0 Å². The average molecular weight is 275 g/mol. The number of halogens is 1. The van der Waals surface area contributed by atoms with E-state index in [2.05, 4.69) is 10.6 Å². The number of carbonyl (C=O) groups excluding carboxylic acids is 1. The topological polar surface area (TPSA) is 59.6 Å². The van der Waals surface area contributed by atoms with E-state index in [1.807, 2.05) is 6.92 Å². The Hall–Kier alpha value is -1.46. The van der Waals surface area contributed by atoms with E-state index in [0.717, 1.165) is 0 Å². The van der Waals surface area contributed by atoms with E-state index in [9.17, 15) is 4.79 Å². The maximum absolute atomic E-state index is 11.5. The van der Waals surface area contributed by atoms with Crippen LogP contribution in [0.5, 0.6) is 11.5 Å². The standard InChI is InChI=1S/C12H18N2O3.ClH/c1-4-17-11-6-5-9(16-3)7-10(11)14-12(15)8-13-2;/h5-7,13H,4,8H2,1-3H3,(H,14,15);1H. The second-order valence-corrected chi connectivity index (χ2v) is 3.37. The van der Waals surface area contributed by atoms with Crippen LogP contribution in [0.3, 0.4) is 0 Å². The summed E-state index contributed by atoms with van der Waals surface area (Å²) >= 11 is 0. The highest BCUT2D eigenvalue weighted by molar-refractivity contribution is 5.93. The molecule has 1 aromatic carbocycles. The summed E-state index contributed by atoms with van der Waals surface area (Å²) in [6.45, 7) is 2.69. The van der Waals surface area contributed by atoms with E-state index in [4.69, 9.17) is 9.47 Å². The molecule has 0 saturated heterocycles. The Labute approximate surface area is 113 Å². The van der Waals surface area contributed by atoms with Gasteiger partial charge in [-0.2, -0.15) is 0 Å². The van der Waals surface area contributed by atoms with E-state index in [-0.39, 0.29) is 24.9 Å². The van der Waals surface area contributed by atoms with Crippen LogP contribution >= 0.6 is 12.4 Å². The summed E-state index contributed by atoms with van der Waals surface area (Å²) < 4.78 is 10.5. The minimum atomic E-state index is -0.123. The van der Waals surface area contributed by atoms with Crippen LogP contribution in [0.2, 0.25) is 0 Å². The normalized spacial score (nSPS) is 9.28. The monoisotopic (exact) mass is 274 g/mol. The molecule has 1 rings (SSSR count). The van der Waals surface area contributed by atoms with Crippen LogP contribution in [0.4, 0.5) is 5.69 Å². The number of anilines is 1. The van der Waals surface area contributed by atoms with Gasteiger partial charge in [-0.15, -0.1) is 12.4 Å². The first-order valence-electron chi connectivity index (χ1n) is 5.46. The average Bonchev–Trinajstić information content (AvgIpc) is 2.32. The maximum Gasteiger partial charge on any atom is 0.238 e. The van der Waals surface area contributed by atoms with Gasteiger partial charge in [-0.1, -0.05) is 0 Å². The van der Waals surface area contributed by atoms with E-state index in [1.54, 1.807) is 32.4 Å². The molecule has 18 heavy (non-hydrogen) atoms. The molecule has 0 fully saturated rings. The number of carbonyl (C=O) groups is 1. The van der Waals surface area contributed by atoms with Gasteiger partial charge < -0.3 is 20.1 Å². The fourth-order valence-corrected chi connectivity index (χ4v) is 1.37. The van der Waals surface area contributed by atoms with Crippen molar-refractivity contribution in [1.29, 1.82) is 0 Å². The zero-order valence-corrected chi connectivity index (χ0v) is 11.6. The number of amides is 1. The van der Waals surface area contributed by atoms with Gasteiger partial charge in [0.05, 0.1) is 25.9 Å². The molecule has 0 aromatic heterocycles. The summed E-state index contributed by atoms with van der Waals surface area (Å²) in [7, 11) is 3.30. The Morgan fingerprint density at radius 2 is 2.11 bits per heavy atom. The number of methoxy groups -OCH3 is 1. The molecular formula is C12H19ClN2O3. The van der Waals surface area contributed by atoms with Crippen molar-refractivity contribution in [2.45, 2.75) is 6.92 Å². The molecule has 0 radical (unpaired) electrons. The Balaban J connectivity index is 0.00000289. The first kappa shape index (κ1) is 16.5. The summed E-state index contributed by atoms with van der Waals surface area (Å²) in [5, 5.41) is 5.55. The molecule has 0 aliphatic rings. The lowest BCUT2D eigenvalue weighted by atomic mass is 10.2. The van der Waals surface area contributed by atoms with E-state index in [0.29, 0.717) is 23.8 Å². The van der Waals surface area contributed by atoms with E-state index < -0.39 is 0 Å². The molecule has 0 bridgehead atoms. The third-order valence-electron chi connectivity index (χ3n) is 2.10. The van der Waals surface area contributed by atoms with E-state index in [1.165, 1.54) is 0 Å². The summed E-state index contributed by atoms with van der Waals surface area (Å²) in [6, 6.07) is 5.30. The lowest BCUT2D eigenvalue weighted by Gasteiger charge is -2.12. The molecule has 0 saturated carbocycles. The number of nitrogens with one attached hydrogen (secondary N) is 2. The molecule has 102 valence electrons. The SMILES string of the molecule is CCOc1ccc(OC)cc1NC(=O)CNC.Cl. The summed E-state index contributed by atoms with van der Waals surface area (Å²) in [5.41, 5.74) is 0.617. The molecule has 0 aliphatic heterocycles. The highest BCUT2D eigenvalue weighted by atomic mass is 35.5. The fourth-order valence-electron chi connectivity index (χ4n) is 1.37. The molecule has 0 atom stereocenters. The third kappa shape index (κ3) is 4.81. The van der Waals surface area contributed by atoms with Crippen molar-refractivity contribution in [1.82, 2.24) is 5.32 Å². The van der Waals surface area contributed by atoms with Crippen molar-refractivity contribution >= 4 is 24.0 Å². The molecule has 0 heterocycles. The van der Waals surface area contributed by atoms with Gasteiger partial charge in [-0.25, -0.2) is 0 Å². The molecule has 0 aliphatic carbocycles. The third-order valence-corrected chi connectivity index (χ3v) is 2.10. The van der Waals surface area contributed by atoms with Crippen LogP contribution in [-0.2, 0) is 4.79 Å². The molecule has 0 spiro atoms. The quantitative estimate of drug-likeness (QED) is 0.829. The fraction of sp³-hybridized carbons (Fsp3) is 0.417. The van der Waals surface area contributed by atoms with Crippen molar-refractivity contribution in [2.75, 3.05) is 32.6 Å². The predicted molar refractivity (Wildman–Crippen MR) is 74.0 cm³/mol. The smallest absolute Gasteiger partial charge is 0.238 e. The van der Waals surface area contributed by atoms with Crippen LogP contribution < -0.4 is 20.1 Å². The predicted octanol–water partition coefficient (Wildman–Crippen LogP) is 1.67. The van der Waals surface area contributed by atoms with Gasteiger partial charge in [0.25, 0.3) is 0 Å². The van der Waals surface area contributed by atoms with Gasteiger partial charge in [0.1, 0.15) is 11.5 Å². The van der Waals surface area contributed by atoms with Gasteiger partial charge >= 0.3 is 0 Å². The van der Waals surface area contributed by atoms with Crippen molar-refractivity contribution in [3.05, 3.63) is 18.2 Å². The lowest BCUT2D eigenvalue weighted by Crippen LogP contribution is -2.25. The maximum atomic E-state index is 11.5. The zero-order chi connectivity index (χ0) is 12.7. The van der Waals surface area contributed by atoms with Gasteiger partial charge in [0.2, 0.25) is 5.91 Å². The van der Waals surface area contributed by atoms with E-state index >= 15 is 0 Å². The first-order valence-corrected chi connectivity index (χ1v) is 5.46. The number of ether oxygens (including phenoxy) is 2. The van der Waals surface area contributed by atoms with Gasteiger partial charge in [0, 0.05) is 6.07 Å².